The minimum absolute atomic E-state index is 0.184. The second-order valence-corrected chi connectivity index (χ2v) is 10.9. The third kappa shape index (κ3) is 7.04. The number of carbonyl (C=O) groups is 1. The lowest BCUT2D eigenvalue weighted by atomic mass is 10.2. The average Bonchev–Trinajstić information content (AvgIpc) is 3.40. The van der Waals surface area contributed by atoms with E-state index in [4.69, 9.17) is 9.15 Å². The second kappa shape index (κ2) is 12.3. The van der Waals surface area contributed by atoms with Gasteiger partial charge < -0.3 is 14.1 Å². The number of furan rings is 1. The average molecular weight is 512 g/mol. The van der Waals surface area contributed by atoms with E-state index in [1.165, 1.54) is 4.31 Å². The Kier molecular flexibility index (Phi) is 8.93. The smallest absolute Gasteiger partial charge is 0.243 e. The standard InChI is InChI=1S/C27H33N3O5S/c1-23-9-11-26(12-10-23)36(32,33)30(14-13-28-15-18-34-19-16-28)22-27(31)29(21-25-8-5-17-35-25)20-24-6-3-2-4-7-24/h2-12,17H,13-16,18-22H2,1H3. The molecule has 2 aromatic carbocycles. The van der Waals surface area contributed by atoms with E-state index in [9.17, 15) is 13.2 Å². The minimum Gasteiger partial charge on any atom is -0.467 e. The number of carbonyl (C=O) groups excluding carboxylic acids is 1. The fourth-order valence-corrected chi connectivity index (χ4v) is 5.48. The summed E-state index contributed by atoms with van der Waals surface area (Å²) in [6.07, 6.45) is 1.57. The molecule has 1 aliphatic rings. The Bertz CT molecular complexity index is 1190. The molecule has 1 saturated heterocycles. The predicted octanol–water partition coefficient (Wildman–Crippen LogP) is 3.14. The van der Waals surface area contributed by atoms with E-state index in [0.29, 0.717) is 32.1 Å². The number of aryl methyl sites for hydroxylation is 1. The minimum atomic E-state index is -3.88. The quantitative estimate of drug-likeness (QED) is 0.393. The van der Waals surface area contributed by atoms with Crippen molar-refractivity contribution >= 4 is 15.9 Å². The second-order valence-electron chi connectivity index (χ2n) is 8.92. The fraction of sp³-hybridized carbons (Fsp3) is 0.370. The van der Waals surface area contributed by atoms with Crippen LogP contribution in [0.1, 0.15) is 16.9 Å². The van der Waals surface area contributed by atoms with Crippen LogP contribution in [-0.4, -0.2) is 74.4 Å². The number of nitrogens with zero attached hydrogens (tertiary/aromatic N) is 3. The Balaban J connectivity index is 1.56. The van der Waals surface area contributed by atoms with Crippen molar-refractivity contribution in [3.05, 3.63) is 89.9 Å². The molecule has 192 valence electrons. The molecule has 0 N–H and O–H groups in total. The topological polar surface area (TPSA) is 83.3 Å². The largest absolute Gasteiger partial charge is 0.467 e. The van der Waals surface area contributed by atoms with Gasteiger partial charge in [0, 0.05) is 32.7 Å². The molecule has 0 bridgehead atoms. The molecule has 3 aromatic rings. The summed E-state index contributed by atoms with van der Waals surface area (Å²) < 4.78 is 39.5. The van der Waals surface area contributed by atoms with Crippen LogP contribution < -0.4 is 0 Å². The first-order valence-corrected chi connectivity index (χ1v) is 13.6. The molecule has 0 radical (unpaired) electrons. The summed E-state index contributed by atoms with van der Waals surface area (Å²) in [6.45, 7) is 5.72. The summed E-state index contributed by atoms with van der Waals surface area (Å²) in [5.41, 5.74) is 1.93. The highest BCUT2D eigenvalue weighted by molar-refractivity contribution is 7.89. The van der Waals surface area contributed by atoms with Gasteiger partial charge in [0.25, 0.3) is 0 Å². The maximum atomic E-state index is 13.6. The number of ether oxygens (including phenoxy) is 1. The van der Waals surface area contributed by atoms with E-state index in [2.05, 4.69) is 4.90 Å². The molecule has 1 fully saturated rings. The number of hydrogen-bond acceptors (Lipinski definition) is 6. The Morgan fingerprint density at radius 1 is 0.944 bits per heavy atom. The van der Waals surface area contributed by atoms with Crippen LogP contribution in [0.15, 0.2) is 82.3 Å². The third-order valence-electron chi connectivity index (χ3n) is 6.24. The predicted molar refractivity (Wildman–Crippen MR) is 137 cm³/mol. The highest BCUT2D eigenvalue weighted by atomic mass is 32.2. The zero-order valence-electron chi connectivity index (χ0n) is 20.6. The van der Waals surface area contributed by atoms with Crippen LogP contribution in [0.3, 0.4) is 0 Å². The van der Waals surface area contributed by atoms with Gasteiger partial charge in [0.05, 0.1) is 37.5 Å². The molecule has 9 heteroatoms. The summed E-state index contributed by atoms with van der Waals surface area (Å²) in [4.78, 5) is 17.6. The summed E-state index contributed by atoms with van der Waals surface area (Å²) in [6, 6.07) is 20.0. The molecule has 0 saturated carbocycles. The Morgan fingerprint density at radius 2 is 1.67 bits per heavy atom. The molecular weight excluding hydrogens is 478 g/mol. The van der Waals surface area contributed by atoms with Crippen LogP contribution >= 0.6 is 0 Å². The van der Waals surface area contributed by atoms with E-state index in [1.807, 2.05) is 43.3 Å². The van der Waals surface area contributed by atoms with E-state index in [1.54, 1.807) is 41.5 Å². The molecule has 1 amide bonds. The van der Waals surface area contributed by atoms with Crippen LogP contribution in [-0.2, 0) is 32.6 Å². The molecule has 0 aliphatic carbocycles. The number of morpholine rings is 1. The zero-order valence-corrected chi connectivity index (χ0v) is 21.4. The molecule has 36 heavy (non-hydrogen) atoms. The highest BCUT2D eigenvalue weighted by Gasteiger charge is 2.29. The molecule has 2 heterocycles. The van der Waals surface area contributed by atoms with Crippen molar-refractivity contribution in [2.45, 2.75) is 24.9 Å². The fourth-order valence-electron chi connectivity index (χ4n) is 4.10. The lowest BCUT2D eigenvalue weighted by Crippen LogP contribution is -2.47. The molecule has 0 atom stereocenters. The van der Waals surface area contributed by atoms with Gasteiger partial charge in [-0.15, -0.1) is 0 Å². The molecule has 1 aromatic heterocycles. The van der Waals surface area contributed by atoms with Crippen molar-refractivity contribution in [2.75, 3.05) is 45.9 Å². The Labute approximate surface area is 213 Å². The highest BCUT2D eigenvalue weighted by Crippen LogP contribution is 2.18. The number of benzene rings is 2. The van der Waals surface area contributed by atoms with Gasteiger partial charge in [-0.25, -0.2) is 8.42 Å². The van der Waals surface area contributed by atoms with Crippen LogP contribution in [0, 0.1) is 6.92 Å². The monoisotopic (exact) mass is 511 g/mol. The number of amides is 1. The van der Waals surface area contributed by atoms with Crippen LogP contribution in [0.4, 0.5) is 0 Å². The first-order chi connectivity index (χ1) is 17.4. The van der Waals surface area contributed by atoms with Crippen molar-refractivity contribution in [2.24, 2.45) is 0 Å². The summed E-state index contributed by atoms with van der Waals surface area (Å²) in [5.74, 6) is 0.355. The van der Waals surface area contributed by atoms with Crippen molar-refractivity contribution in [3.8, 4) is 0 Å². The van der Waals surface area contributed by atoms with Gasteiger partial charge in [-0.2, -0.15) is 4.31 Å². The normalized spacial score (nSPS) is 14.7. The van der Waals surface area contributed by atoms with Crippen molar-refractivity contribution in [1.29, 1.82) is 0 Å². The van der Waals surface area contributed by atoms with Gasteiger partial charge in [-0.3, -0.25) is 9.69 Å². The number of rotatable bonds is 11. The van der Waals surface area contributed by atoms with Crippen molar-refractivity contribution < 1.29 is 22.4 Å². The first-order valence-electron chi connectivity index (χ1n) is 12.1. The van der Waals surface area contributed by atoms with Gasteiger partial charge in [0.2, 0.25) is 15.9 Å². The Morgan fingerprint density at radius 3 is 2.33 bits per heavy atom. The molecule has 4 rings (SSSR count). The number of sulfonamides is 1. The van der Waals surface area contributed by atoms with Gasteiger partial charge >= 0.3 is 0 Å². The van der Waals surface area contributed by atoms with E-state index >= 15 is 0 Å². The van der Waals surface area contributed by atoms with E-state index in [-0.39, 0.29) is 30.4 Å². The molecular formula is C27H33N3O5S. The van der Waals surface area contributed by atoms with Gasteiger partial charge in [-0.1, -0.05) is 48.0 Å². The van der Waals surface area contributed by atoms with Gasteiger partial charge in [0.15, 0.2) is 0 Å². The molecule has 1 aliphatic heterocycles. The van der Waals surface area contributed by atoms with E-state index in [0.717, 1.165) is 24.2 Å². The van der Waals surface area contributed by atoms with Crippen molar-refractivity contribution in [3.63, 3.8) is 0 Å². The van der Waals surface area contributed by atoms with Gasteiger partial charge in [0.1, 0.15) is 5.76 Å². The third-order valence-corrected chi connectivity index (χ3v) is 8.09. The Hall–Kier alpha value is -2.98. The first kappa shape index (κ1) is 26.1. The lowest BCUT2D eigenvalue weighted by molar-refractivity contribution is -0.133. The van der Waals surface area contributed by atoms with Crippen LogP contribution in [0.25, 0.3) is 0 Å². The number of hydrogen-bond donors (Lipinski definition) is 0. The SMILES string of the molecule is Cc1ccc(S(=O)(=O)N(CCN2CCOCC2)CC(=O)N(Cc2ccccc2)Cc2ccco2)cc1. The summed E-state index contributed by atoms with van der Waals surface area (Å²) in [5, 5.41) is 0. The van der Waals surface area contributed by atoms with E-state index < -0.39 is 10.0 Å². The summed E-state index contributed by atoms with van der Waals surface area (Å²) in [7, 11) is -3.88. The molecule has 8 nitrogen and oxygen atoms in total. The van der Waals surface area contributed by atoms with Crippen LogP contribution in [0.2, 0.25) is 0 Å². The van der Waals surface area contributed by atoms with Gasteiger partial charge in [-0.05, 0) is 36.8 Å². The molecule has 0 unspecified atom stereocenters. The maximum absolute atomic E-state index is 13.6. The zero-order chi connectivity index (χ0) is 25.4. The summed E-state index contributed by atoms with van der Waals surface area (Å²) >= 11 is 0. The van der Waals surface area contributed by atoms with Crippen molar-refractivity contribution in [1.82, 2.24) is 14.1 Å². The molecule has 0 spiro atoms. The van der Waals surface area contributed by atoms with Crippen LogP contribution in [0.5, 0.6) is 0 Å². The maximum Gasteiger partial charge on any atom is 0.243 e. The lowest BCUT2D eigenvalue weighted by Gasteiger charge is -2.31.